The SMILES string of the molecule is c1cc(-c2cc(N3CCOCC3)nc(N3CCOCC3)c2)c2cc[nH]c2c1. The van der Waals surface area contributed by atoms with Gasteiger partial charge in [0, 0.05) is 43.3 Å². The number of hydrogen-bond acceptors (Lipinski definition) is 5. The van der Waals surface area contributed by atoms with Gasteiger partial charge in [-0.3, -0.25) is 0 Å². The van der Waals surface area contributed by atoms with Gasteiger partial charge in [0.25, 0.3) is 0 Å². The van der Waals surface area contributed by atoms with Crippen LogP contribution >= 0.6 is 0 Å². The van der Waals surface area contributed by atoms with E-state index < -0.39 is 0 Å². The van der Waals surface area contributed by atoms with Crippen molar-refractivity contribution >= 4 is 22.5 Å². The number of hydrogen-bond donors (Lipinski definition) is 1. The highest BCUT2D eigenvalue weighted by atomic mass is 16.5. The van der Waals surface area contributed by atoms with Gasteiger partial charge in [-0.05, 0) is 35.4 Å². The minimum Gasteiger partial charge on any atom is -0.378 e. The third kappa shape index (κ3) is 3.26. The summed E-state index contributed by atoms with van der Waals surface area (Å²) in [5.74, 6) is 2.06. The van der Waals surface area contributed by atoms with Gasteiger partial charge < -0.3 is 24.3 Å². The minimum absolute atomic E-state index is 0.756. The van der Waals surface area contributed by atoms with E-state index in [0.717, 1.165) is 69.8 Å². The molecule has 0 bridgehead atoms. The van der Waals surface area contributed by atoms with Crippen LogP contribution in [0.3, 0.4) is 0 Å². The number of ether oxygens (including phenoxy) is 2. The van der Waals surface area contributed by atoms with Gasteiger partial charge in [-0.1, -0.05) is 12.1 Å². The molecule has 0 amide bonds. The molecule has 2 aromatic heterocycles. The Morgan fingerprint density at radius 2 is 1.44 bits per heavy atom. The van der Waals surface area contributed by atoms with E-state index in [2.05, 4.69) is 51.2 Å². The quantitative estimate of drug-likeness (QED) is 0.774. The highest BCUT2D eigenvalue weighted by Gasteiger charge is 2.19. The number of fused-ring (bicyclic) bond motifs is 1. The van der Waals surface area contributed by atoms with Crippen LogP contribution in [0.2, 0.25) is 0 Å². The molecule has 0 unspecified atom stereocenters. The van der Waals surface area contributed by atoms with Crippen LogP contribution in [0.25, 0.3) is 22.0 Å². The van der Waals surface area contributed by atoms with Gasteiger partial charge in [0.15, 0.2) is 0 Å². The third-order valence-electron chi connectivity index (χ3n) is 5.37. The number of aromatic amines is 1. The molecule has 0 spiro atoms. The zero-order valence-corrected chi connectivity index (χ0v) is 15.4. The summed E-state index contributed by atoms with van der Waals surface area (Å²) in [6, 6.07) is 13.0. The molecule has 4 heterocycles. The van der Waals surface area contributed by atoms with Gasteiger partial charge in [-0.15, -0.1) is 0 Å². The third-order valence-corrected chi connectivity index (χ3v) is 5.37. The van der Waals surface area contributed by atoms with E-state index in [1.807, 2.05) is 6.20 Å². The van der Waals surface area contributed by atoms with Crippen LogP contribution in [0, 0.1) is 0 Å². The second-order valence-corrected chi connectivity index (χ2v) is 7.02. The van der Waals surface area contributed by atoms with Crippen LogP contribution in [0.4, 0.5) is 11.6 Å². The molecule has 27 heavy (non-hydrogen) atoms. The summed E-state index contributed by atoms with van der Waals surface area (Å²) < 4.78 is 11.1. The van der Waals surface area contributed by atoms with Crippen molar-refractivity contribution in [2.75, 3.05) is 62.4 Å². The Balaban J connectivity index is 1.61. The fourth-order valence-corrected chi connectivity index (χ4v) is 3.90. The normalized spacial score (nSPS) is 18.2. The van der Waals surface area contributed by atoms with Crippen molar-refractivity contribution in [3.05, 3.63) is 42.6 Å². The highest BCUT2D eigenvalue weighted by Crippen LogP contribution is 2.33. The Morgan fingerprint density at radius 1 is 0.815 bits per heavy atom. The predicted molar refractivity (Wildman–Crippen MR) is 108 cm³/mol. The summed E-state index contributed by atoms with van der Waals surface area (Å²) in [5.41, 5.74) is 3.60. The monoisotopic (exact) mass is 364 g/mol. The van der Waals surface area contributed by atoms with Crippen molar-refractivity contribution in [2.24, 2.45) is 0 Å². The first-order chi connectivity index (χ1) is 13.4. The van der Waals surface area contributed by atoms with Gasteiger partial charge in [0.05, 0.1) is 26.4 Å². The number of nitrogens with one attached hydrogen (secondary N) is 1. The predicted octanol–water partition coefficient (Wildman–Crippen LogP) is 2.90. The smallest absolute Gasteiger partial charge is 0.131 e. The summed E-state index contributed by atoms with van der Waals surface area (Å²) in [5, 5.41) is 1.24. The molecular formula is C21H24N4O2. The van der Waals surface area contributed by atoms with Crippen LogP contribution in [0.15, 0.2) is 42.6 Å². The van der Waals surface area contributed by atoms with Crippen LogP contribution < -0.4 is 9.80 Å². The van der Waals surface area contributed by atoms with Crippen LogP contribution in [-0.4, -0.2) is 62.6 Å². The molecule has 0 atom stereocenters. The van der Waals surface area contributed by atoms with E-state index in [9.17, 15) is 0 Å². The second-order valence-electron chi connectivity index (χ2n) is 7.02. The van der Waals surface area contributed by atoms with E-state index in [1.54, 1.807) is 0 Å². The zero-order chi connectivity index (χ0) is 18.1. The maximum absolute atomic E-state index is 5.53. The van der Waals surface area contributed by atoms with Gasteiger partial charge in [-0.25, -0.2) is 4.98 Å². The Labute approximate surface area is 158 Å². The fourth-order valence-electron chi connectivity index (χ4n) is 3.90. The van der Waals surface area contributed by atoms with E-state index in [1.165, 1.54) is 16.5 Å². The van der Waals surface area contributed by atoms with Crippen molar-refractivity contribution in [2.45, 2.75) is 0 Å². The average molecular weight is 364 g/mol. The van der Waals surface area contributed by atoms with Crippen molar-refractivity contribution in [1.82, 2.24) is 9.97 Å². The molecule has 140 valence electrons. The maximum atomic E-state index is 5.53. The second kappa shape index (κ2) is 7.21. The lowest BCUT2D eigenvalue weighted by Gasteiger charge is -2.32. The molecule has 3 aromatic rings. The number of benzene rings is 1. The largest absolute Gasteiger partial charge is 0.378 e. The summed E-state index contributed by atoms with van der Waals surface area (Å²) in [7, 11) is 0. The van der Waals surface area contributed by atoms with E-state index in [4.69, 9.17) is 14.5 Å². The van der Waals surface area contributed by atoms with Gasteiger partial charge in [0.2, 0.25) is 0 Å². The molecule has 1 N–H and O–H groups in total. The number of nitrogens with zero attached hydrogens (tertiary/aromatic N) is 3. The molecule has 6 nitrogen and oxygen atoms in total. The number of anilines is 2. The van der Waals surface area contributed by atoms with Crippen molar-refractivity contribution in [1.29, 1.82) is 0 Å². The average Bonchev–Trinajstić information content (AvgIpc) is 3.24. The van der Waals surface area contributed by atoms with E-state index in [-0.39, 0.29) is 0 Å². The molecule has 0 aliphatic carbocycles. The van der Waals surface area contributed by atoms with Crippen molar-refractivity contribution < 1.29 is 9.47 Å². The molecule has 5 rings (SSSR count). The van der Waals surface area contributed by atoms with Gasteiger partial charge in [0.1, 0.15) is 11.6 Å². The van der Waals surface area contributed by atoms with Crippen LogP contribution in [0.1, 0.15) is 0 Å². The molecule has 0 radical (unpaired) electrons. The molecule has 2 aliphatic rings. The lowest BCUT2D eigenvalue weighted by molar-refractivity contribution is 0.121. The number of H-pyrrole nitrogens is 1. The summed E-state index contributed by atoms with van der Waals surface area (Å²) in [6.45, 7) is 6.55. The van der Waals surface area contributed by atoms with Gasteiger partial charge in [-0.2, -0.15) is 0 Å². The standard InChI is InChI=1S/C21H24N4O2/c1-2-17(18-4-5-22-19(18)3-1)16-14-20(24-6-10-26-11-7-24)23-21(15-16)25-8-12-27-13-9-25/h1-5,14-15,22H,6-13H2. The van der Waals surface area contributed by atoms with E-state index >= 15 is 0 Å². The Morgan fingerprint density at radius 3 is 2.07 bits per heavy atom. The molecule has 2 saturated heterocycles. The van der Waals surface area contributed by atoms with Crippen molar-refractivity contribution in [3.8, 4) is 11.1 Å². The molecular weight excluding hydrogens is 340 g/mol. The van der Waals surface area contributed by atoms with Gasteiger partial charge >= 0.3 is 0 Å². The molecule has 6 heteroatoms. The van der Waals surface area contributed by atoms with Crippen LogP contribution in [-0.2, 0) is 9.47 Å². The number of pyridine rings is 1. The number of aromatic nitrogens is 2. The summed E-state index contributed by atoms with van der Waals surface area (Å²) >= 11 is 0. The highest BCUT2D eigenvalue weighted by molar-refractivity contribution is 5.95. The van der Waals surface area contributed by atoms with Crippen LogP contribution in [0.5, 0.6) is 0 Å². The molecule has 2 fully saturated rings. The first kappa shape index (κ1) is 16.6. The number of morpholine rings is 2. The molecule has 0 saturated carbocycles. The first-order valence-corrected chi connectivity index (χ1v) is 9.62. The Bertz CT molecular complexity index is 891. The van der Waals surface area contributed by atoms with E-state index in [0.29, 0.717) is 0 Å². The molecule has 1 aromatic carbocycles. The Kier molecular flexibility index (Phi) is 4.43. The lowest BCUT2D eigenvalue weighted by Crippen LogP contribution is -2.39. The molecule has 2 aliphatic heterocycles. The lowest BCUT2D eigenvalue weighted by atomic mass is 10.0. The topological polar surface area (TPSA) is 53.6 Å². The summed E-state index contributed by atoms with van der Waals surface area (Å²) in [4.78, 5) is 13.0. The zero-order valence-electron chi connectivity index (χ0n) is 15.4. The first-order valence-electron chi connectivity index (χ1n) is 9.62. The fraction of sp³-hybridized carbons (Fsp3) is 0.381. The minimum atomic E-state index is 0.756. The summed E-state index contributed by atoms with van der Waals surface area (Å²) in [6.07, 6.45) is 2.00. The van der Waals surface area contributed by atoms with Crippen molar-refractivity contribution in [3.63, 3.8) is 0 Å². The Hall–Kier alpha value is -2.57. The maximum Gasteiger partial charge on any atom is 0.131 e. The number of rotatable bonds is 3.